The average molecular weight is 287 g/mol. The molecule has 0 aromatic carbocycles. The summed E-state index contributed by atoms with van der Waals surface area (Å²) in [6.45, 7) is 4.12. The van der Waals surface area contributed by atoms with Crippen molar-refractivity contribution in [1.29, 1.82) is 5.26 Å². The molecule has 1 atom stereocenters. The first-order chi connectivity index (χ1) is 9.86. The van der Waals surface area contributed by atoms with E-state index in [1.165, 1.54) is 23.2 Å². The van der Waals surface area contributed by atoms with Crippen molar-refractivity contribution in [3.63, 3.8) is 0 Å². The van der Waals surface area contributed by atoms with Crippen LogP contribution < -0.4 is 0 Å². The van der Waals surface area contributed by atoms with Crippen LogP contribution in [0, 0.1) is 16.7 Å². The largest absolute Gasteiger partial charge is 0.480 e. The van der Waals surface area contributed by atoms with Crippen molar-refractivity contribution in [2.75, 3.05) is 6.54 Å². The van der Waals surface area contributed by atoms with E-state index >= 15 is 0 Å². The number of aromatic nitrogens is 1. The van der Waals surface area contributed by atoms with Crippen molar-refractivity contribution < 1.29 is 14.7 Å². The summed E-state index contributed by atoms with van der Waals surface area (Å²) in [7, 11) is 0. The van der Waals surface area contributed by atoms with Crippen LogP contribution in [0.5, 0.6) is 0 Å². The Bertz CT molecular complexity index is 602. The molecule has 0 bridgehead atoms. The van der Waals surface area contributed by atoms with Gasteiger partial charge >= 0.3 is 5.97 Å². The molecule has 2 heterocycles. The molecule has 110 valence electrons. The first kappa shape index (κ1) is 15.0. The number of rotatable bonds is 2. The second kappa shape index (κ2) is 5.52. The number of carboxylic acids is 1. The first-order valence-electron chi connectivity index (χ1n) is 6.77. The highest BCUT2D eigenvalue weighted by atomic mass is 16.4. The molecule has 1 N–H and O–H groups in total. The van der Waals surface area contributed by atoms with E-state index in [9.17, 15) is 14.7 Å². The van der Waals surface area contributed by atoms with Gasteiger partial charge in [-0.25, -0.2) is 9.78 Å². The summed E-state index contributed by atoms with van der Waals surface area (Å²) in [5.74, 6) is -1.40. The number of nitrogens with zero attached hydrogens (tertiary/aromatic N) is 3. The van der Waals surface area contributed by atoms with E-state index in [4.69, 9.17) is 5.26 Å². The van der Waals surface area contributed by atoms with E-state index in [1.54, 1.807) is 0 Å². The van der Waals surface area contributed by atoms with Gasteiger partial charge in [-0.3, -0.25) is 4.79 Å². The van der Waals surface area contributed by atoms with Crippen molar-refractivity contribution in [2.24, 2.45) is 5.41 Å². The highest BCUT2D eigenvalue weighted by Gasteiger charge is 2.44. The van der Waals surface area contributed by atoms with Crippen molar-refractivity contribution in [3.05, 3.63) is 29.6 Å². The highest BCUT2D eigenvalue weighted by molar-refractivity contribution is 5.95. The fourth-order valence-electron chi connectivity index (χ4n) is 2.81. The molecule has 0 saturated carbocycles. The molecule has 6 nitrogen and oxygen atoms in total. The van der Waals surface area contributed by atoms with Crippen LogP contribution in [0.2, 0.25) is 0 Å². The Balaban J connectivity index is 2.31. The molecule has 0 radical (unpaired) electrons. The van der Waals surface area contributed by atoms with Crippen LogP contribution >= 0.6 is 0 Å². The van der Waals surface area contributed by atoms with Gasteiger partial charge in [0.15, 0.2) is 0 Å². The standard InChI is InChI=1S/C15H17N3O3/c1-15(2)6-3-7-18(12(15)14(20)21)13(19)11-5-4-10(8-16)9-17-11/h4-5,9,12H,3,6-7H2,1-2H3,(H,20,21). The molecule has 1 saturated heterocycles. The number of carbonyl (C=O) groups excluding carboxylic acids is 1. The molecule has 1 amide bonds. The predicted octanol–water partition coefficient (Wildman–Crippen LogP) is 1.67. The Morgan fingerprint density at radius 3 is 2.71 bits per heavy atom. The van der Waals surface area contributed by atoms with Crippen LogP contribution in [0.1, 0.15) is 42.7 Å². The van der Waals surface area contributed by atoms with Gasteiger partial charge < -0.3 is 10.0 Å². The lowest BCUT2D eigenvalue weighted by Crippen LogP contribution is -2.56. The van der Waals surface area contributed by atoms with Gasteiger partial charge in [-0.1, -0.05) is 13.8 Å². The Morgan fingerprint density at radius 1 is 1.48 bits per heavy atom. The monoisotopic (exact) mass is 287 g/mol. The van der Waals surface area contributed by atoms with Gasteiger partial charge in [-0.15, -0.1) is 0 Å². The number of piperidine rings is 1. The quantitative estimate of drug-likeness (QED) is 0.892. The van der Waals surface area contributed by atoms with E-state index in [0.29, 0.717) is 12.1 Å². The van der Waals surface area contributed by atoms with Gasteiger partial charge in [0.2, 0.25) is 0 Å². The fourth-order valence-corrected chi connectivity index (χ4v) is 2.81. The second-order valence-corrected chi connectivity index (χ2v) is 5.88. The molecule has 1 aromatic heterocycles. The Morgan fingerprint density at radius 2 is 2.19 bits per heavy atom. The Labute approximate surface area is 123 Å². The number of likely N-dealkylation sites (tertiary alicyclic amines) is 1. The number of pyridine rings is 1. The second-order valence-electron chi connectivity index (χ2n) is 5.88. The molecule has 1 fully saturated rings. The van der Waals surface area contributed by atoms with Gasteiger partial charge in [0.1, 0.15) is 17.8 Å². The number of carboxylic acid groups (broad SMARTS) is 1. The maximum absolute atomic E-state index is 12.5. The minimum absolute atomic E-state index is 0.165. The van der Waals surface area contributed by atoms with Gasteiger partial charge in [0.25, 0.3) is 5.91 Å². The van der Waals surface area contributed by atoms with Gasteiger partial charge in [-0.2, -0.15) is 5.26 Å². The zero-order valence-corrected chi connectivity index (χ0v) is 12.0. The highest BCUT2D eigenvalue weighted by Crippen LogP contribution is 2.35. The van der Waals surface area contributed by atoms with Gasteiger partial charge in [0.05, 0.1) is 5.56 Å². The zero-order valence-electron chi connectivity index (χ0n) is 12.0. The number of hydrogen-bond acceptors (Lipinski definition) is 4. The number of carbonyl (C=O) groups is 2. The van der Waals surface area contributed by atoms with E-state index in [1.807, 2.05) is 19.9 Å². The number of nitriles is 1. The van der Waals surface area contributed by atoms with Crippen molar-refractivity contribution in [2.45, 2.75) is 32.7 Å². The zero-order chi connectivity index (χ0) is 15.6. The molecule has 2 rings (SSSR count). The Hall–Kier alpha value is -2.42. The van der Waals surface area contributed by atoms with Crippen LogP contribution in [-0.2, 0) is 4.79 Å². The van der Waals surface area contributed by atoms with E-state index in [2.05, 4.69) is 4.98 Å². The van der Waals surface area contributed by atoms with Crippen molar-refractivity contribution in [1.82, 2.24) is 9.88 Å². The van der Waals surface area contributed by atoms with Gasteiger partial charge in [-0.05, 0) is 30.4 Å². The Kier molecular flexibility index (Phi) is 3.94. The maximum Gasteiger partial charge on any atom is 0.326 e. The summed E-state index contributed by atoms with van der Waals surface area (Å²) in [6, 6.07) is 4.03. The van der Waals surface area contributed by atoms with Crippen LogP contribution in [0.3, 0.4) is 0 Å². The van der Waals surface area contributed by atoms with Crippen molar-refractivity contribution in [3.8, 4) is 6.07 Å². The molecular formula is C15H17N3O3. The van der Waals surface area contributed by atoms with E-state index in [0.717, 1.165) is 12.8 Å². The number of hydrogen-bond donors (Lipinski definition) is 1. The summed E-state index contributed by atoms with van der Waals surface area (Å²) in [6.07, 6.45) is 2.84. The van der Waals surface area contributed by atoms with Crippen LogP contribution in [0.4, 0.5) is 0 Å². The molecule has 0 aliphatic carbocycles. The van der Waals surface area contributed by atoms with E-state index in [-0.39, 0.29) is 5.69 Å². The maximum atomic E-state index is 12.5. The van der Waals surface area contributed by atoms with Crippen molar-refractivity contribution >= 4 is 11.9 Å². The number of aliphatic carboxylic acids is 1. The number of amides is 1. The van der Waals surface area contributed by atoms with Gasteiger partial charge in [0, 0.05) is 12.7 Å². The lowest BCUT2D eigenvalue weighted by atomic mass is 9.76. The molecule has 0 spiro atoms. The molecule has 6 heteroatoms. The third kappa shape index (κ3) is 2.87. The molecule has 1 aliphatic rings. The molecule has 21 heavy (non-hydrogen) atoms. The lowest BCUT2D eigenvalue weighted by molar-refractivity contribution is -0.148. The minimum atomic E-state index is -0.998. The van der Waals surface area contributed by atoms with Crippen LogP contribution in [-0.4, -0.2) is 39.5 Å². The smallest absolute Gasteiger partial charge is 0.326 e. The summed E-state index contributed by atoms with van der Waals surface area (Å²) >= 11 is 0. The molecule has 1 aromatic rings. The van der Waals surface area contributed by atoms with Crippen LogP contribution in [0.25, 0.3) is 0 Å². The SMILES string of the molecule is CC1(C)CCCN(C(=O)c2ccc(C#N)cn2)C1C(=O)O. The fraction of sp³-hybridized carbons (Fsp3) is 0.467. The average Bonchev–Trinajstić information content (AvgIpc) is 2.45. The lowest BCUT2D eigenvalue weighted by Gasteiger charge is -2.43. The summed E-state index contributed by atoms with van der Waals surface area (Å²) in [4.78, 5) is 29.4. The topological polar surface area (TPSA) is 94.3 Å². The molecular weight excluding hydrogens is 270 g/mol. The normalized spacial score (nSPS) is 20.6. The summed E-state index contributed by atoms with van der Waals surface area (Å²) in [5, 5.41) is 18.2. The van der Waals surface area contributed by atoms with E-state index < -0.39 is 23.3 Å². The predicted molar refractivity (Wildman–Crippen MR) is 74.4 cm³/mol. The third-order valence-electron chi connectivity index (χ3n) is 3.88. The van der Waals surface area contributed by atoms with Crippen LogP contribution in [0.15, 0.2) is 18.3 Å². The third-order valence-corrected chi connectivity index (χ3v) is 3.88. The molecule has 1 aliphatic heterocycles. The molecule has 1 unspecified atom stereocenters. The summed E-state index contributed by atoms with van der Waals surface area (Å²) in [5.41, 5.74) is 0.0463. The first-order valence-corrected chi connectivity index (χ1v) is 6.77. The minimum Gasteiger partial charge on any atom is -0.480 e. The summed E-state index contributed by atoms with van der Waals surface area (Å²) < 4.78 is 0.